The number of benzene rings is 2. The summed E-state index contributed by atoms with van der Waals surface area (Å²) in [5.74, 6) is 1.53. The first-order valence-corrected chi connectivity index (χ1v) is 7.19. The highest BCUT2D eigenvalue weighted by Crippen LogP contribution is 2.38. The fourth-order valence-electron chi connectivity index (χ4n) is 2.64. The zero-order chi connectivity index (χ0) is 13.1. The molecule has 0 radical (unpaired) electrons. The van der Waals surface area contributed by atoms with Crippen LogP contribution in [0.25, 0.3) is 0 Å². The number of para-hydroxylation sites is 1. The van der Waals surface area contributed by atoms with E-state index in [0.29, 0.717) is 5.92 Å². The van der Waals surface area contributed by atoms with Gasteiger partial charge in [-0.15, -0.1) is 11.6 Å². The van der Waals surface area contributed by atoms with Crippen LogP contribution in [0.4, 0.5) is 0 Å². The summed E-state index contributed by atoms with van der Waals surface area (Å²) in [7, 11) is 0. The molecular weight excluding hydrogens is 256 g/mol. The molecule has 19 heavy (non-hydrogen) atoms. The number of ether oxygens (including phenoxy) is 1. The Kier molecular flexibility index (Phi) is 3.74. The molecule has 1 nitrogen and oxygen atoms in total. The largest absolute Gasteiger partial charge is 0.493 e. The van der Waals surface area contributed by atoms with Crippen molar-refractivity contribution in [1.82, 2.24) is 0 Å². The zero-order valence-electron chi connectivity index (χ0n) is 10.8. The van der Waals surface area contributed by atoms with Crippen molar-refractivity contribution >= 4 is 11.6 Å². The summed E-state index contributed by atoms with van der Waals surface area (Å²) in [5.41, 5.74) is 2.54. The van der Waals surface area contributed by atoms with E-state index in [9.17, 15) is 0 Å². The second-order valence-electron chi connectivity index (χ2n) is 5.00. The van der Waals surface area contributed by atoms with Crippen LogP contribution in [0.5, 0.6) is 5.75 Å². The Morgan fingerprint density at radius 3 is 2.63 bits per heavy atom. The van der Waals surface area contributed by atoms with Gasteiger partial charge in [-0.05, 0) is 24.5 Å². The quantitative estimate of drug-likeness (QED) is 0.718. The first kappa shape index (κ1) is 12.6. The molecule has 1 aliphatic heterocycles. The summed E-state index contributed by atoms with van der Waals surface area (Å²) in [4.78, 5) is 0. The van der Waals surface area contributed by atoms with E-state index in [1.807, 2.05) is 30.3 Å². The maximum atomic E-state index is 6.47. The summed E-state index contributed by atoms with van der Waals surface area (Å²) in [5, 5.41) is 0.0916. The summed E-state index contributed by atoms with van der Waals surface area (Å²) in [6.45, 7) is 0.789. The molecule has 0 aliphatic carbocycles. The van der Waals surface area contributed by atoms with Crippen molar-refractivity contribution in [3.63, 3.8) is 0 Å². The Morgan fingerprint density at radius 2 is 1.79 bits per heavy atom. The predicted octanol–water partition coefficient (Wildman–Crippen LogP) is 4.92. The average Bonchev–Trinajstić information content (AvgIpc) is 2.89. The molecule has 3 rings (SSSR count). The summed E-state index contributed by atoms with van der Waals surface area (Å²) >= 11 is 6.47. The predicted molar refractivity (Wildman–Crippen MR) is 78.9 cm³/mol. The van der Waals surface area contributed by atoms with E-state index in [-0.39, 0.29) is 5.38 Å². The number of hydrogen-bond donors (Lipinski definition) is 0. The monoisotopic (exact) mass is 272 g/mol. The molecule has 0 fully saturated rings. The number of hydrogen-bond acceptors (Lipinski definition) is 1. The third kappa shape index (κ3) is 2.76. The van der Waals surface area contributed by atoms with Gasteiger partial charge in [0.05, 0.1) is 12.0 Å². The van der Waals surface area contributed by atoms with Gasteiger partial charge < -0.3 is 4.74 Å². The van der Waals surface area contributed by atoms with Gasteiger partial charge >= 0.3 is 0 Å². The molecule has 2 unspecified atom stereocenters. The topological polar surface area (TPSA) is 9.23 Å². The molecule has 0 aromatic heterocycles. The normalized spacial score (nSPS) is 18.7. The SMILES string of the molecule is ClC(CCC1COc2ccccc21)c1ccccc1. The Labute approximate surface area is 119 Å². The minimum absolute atomic E-state index is 0.0916. The summed E-state index contributed by atoms with van der Waals surface area (Å²) in [6, 6.07) is 18.6. The highest BCUT2D eigenvalue weighted by atomic mass is 35.5. The van der Waals surface area contributed by atoms with Crippen LogP contribution in [0.1, 0.15) is 35.3 Å². The van der Waals surface area contributed by atoms with Crippen LogP contribution in [0.3, 0.4) is 0 Å². The van der Waals surface area contributed by atoms with E-state index in [0.717, 1.165) is 25.2 Å². The van der Waals surface area contributed by atoms with Crippen LogP contribution >= 0.6 is 11.6 Å². The van der Waals surface area contributed by atoms with Crippen molar-refractivity contribution < 1.29 is 4.74 Å². The van der Waals surface area contributed by atoms with E-state index in [1.54, 1.807) is 0 Å². The zero-order valence-corrected chi connectivity index (χ0v) is 11.5. The van der Waals surface area contributed by atoms with Crippen molar-refractivity contribution in [2.45, 2.75) is 24.1 Å². The van der Waals surface area contributed by atoms with Gasteiger partial charge in [0.25, 0.3) is 0 Å². The lowest BCUT2D eigenvalue weighted by Gasteiger charge is -2.13. The number of fused-ring (bicyclic) bond motifs is 1. The Bertz CT molecular complexity index is 538. The van der Waals surface area contributed by atoms with E-state index < -0.39 is 0 Å². The molecular formula is C17H17ClO. The molecule has 2 aromatic carbocycles. The lowest BCUT2D eigenvalue weighted by molar-refractivity contribution is 0.323. The molecule has 2 atom stereocenters. The van der Waals surface area contributed by atoms with Gasteiger partial charge in [-0.2, -0.15) is 0 Å². The van der Waals surface area contributed by atoms with E-state index >= 15 is 0 Å². The highest BCUT2D eigenvalue weighted by Gasteiger charge is 2.24. The Morgan fingerprint density at radius 1 is 1.05 bits per heavy atom. The number of halogens is 1. The van der Waals surface area contributed by atoms with Gasteiger partial charge in [0.1, 0.15) is 5.75 Å². The van der Waals surface area contributed by atoms with Crippen molar-refractivity contribution in [1.29, 1.82) is 0 Å². The second kappa shape index (κ2) is 5.66. The van der Waals surface area contributed by atoms with Gasteiger partial charge in [0.15, 0.2) is 0 Å². The molecule has 0 saturated carbocycles. The second-order valence-corrected chi connectivity index (χ2v) is 5.53. The van der Waals surface area contributed by atoms with Gasteiger partial charge in [-0.1, -0.05) is 48.5 Å². The van der Waals surface area contributed by atoms with Crippen LogP contribution in [-0.2, 0) is 0 Å². The minimum Gasteiger partial charge on any atom is -0.493 e. The molecule has 2 heteroatoms. The van der Waals surface area contributed by atoms with Crippen LogP contribution in [0.2, 0.25) is 0 Å². The molecule has 0 spiro atoms. The van der Waals surface area contributed by atoms with E-state index in [2.05, 4.69) is 24.3 Å². The van der Waals surface area contributed by atoms with Crippen molar-refractivity contribution in [3.8, 4) is 5.75 Å². The molecule has 0 bridgehead atoms. The maximum absolute atomic E-state index is 6.47. The van der Waals surface area contributed by atoms with Crippen LogP contribution in [0.15, 0.2) is 54.6 Å². The number of rotatable bonds is 4. The molecule has 1 heterocycles. The lowest BCUT2D eigenvalue weighted by atomic mass is 9.94. The van der Waals surface area contributed by atoms with Crippen molar-refractivity contribution in [2.75, 3.05) is 6.61 Å². The van der Waals surface area contributed by atoms with E-state index in [4.69, 9.17) is 16.3 Å². The van der Waals surface area contributed by atoms with Gasteiger partial charge in [0.2, 0.25) is 0 Å². The Hall–Kier alpha value is -1.47. The third-order valence-corrected chi connectivity index (χ3v) is 4.20. The fraction of sp³-hybridized carbons (Fsp3) is 0.294. The summed E-state index contributed by atoms with van der Waals surface area (Å²) < 4.78 is 5.71. The minimum atomic E-state index is 0.0916. The average molecular weight is 273 g/mol. The smallest absolute Gasteiger partial charge is 0.122 e. The standard InChI is InChI=1S/C17H17ClO/c18-16(13-6-2-1-3-7-13)11-10-14-12-19-17-9-5-4-8-15(14)17/h1-9,14,16H,10-12H2. The third-order valence-electron chi connectivity index (χ3n) is 3.73. The fourth-order valence-corrected chi connectivity index (χ4v) is 2.92. The maximum Gasteiger partial charge on any atom is 0.122 e. The Balaban J connectivity index is 1.62. The molecule has 1 aliphatic rings. The molecule has 98 valence electrons. The van der Waals surface area contributed by atoms with Crippen LogP contribution in [-0.4, -0.2) is 6.61 Å². The molecule has 0 saturated heterocycles. The van der Waals surface area contributed by atoms with Crippen molar-refractivity contribution in [2.24, 2.45) is 0 Å². The number of alkyl halides is 1. The first-order valence-electron chi connectivity index (χ1n) is 6.75. The van der Waals surface area contributed by atoms with Crippen LogP contribution < -0.4 is 4.74 Å². The first-order chi connectivity index (χ1) is 9.34. The van der Waals surface area contributed by atoms with E-state index in [1.165, 1.54) is 11.1 Å². The van der Waals surface area contributed by atoms with Gasteiger partial charge in [0, 0.05) is 11.5 Å². The van der Waals surface area contributed by atoms with Gasteiger partial charge in [-0.3, -0.25) is 0 Å². The van der Waals surface area contributed by atoms with Crippen LogP contribution in [0, 0.1) is 0 Å². The molecule has 2 aromatic rings. The summed E-state index contributed by atoms with van der Waals surface area (Å²) in [6.07, 6.45) is 2.05. The highest BCUT2D eigenvalue weighted by molar-refractivity contribution is 6.20. The molecule has 0 amide bonds. The lowest BCUT2D eigenvalue weighted by Crippen LogP contribution is -2.02. The van der Waals surface area contributed by atoms with Crippen molar-refractivity contribution in [3.05, 3.63) is 65.7 Å². The molecule has 0 N–H and O–H groups in total. The van der Waals surface area contributed by atoms with Gasteiger partial charge in [-0.25, -0.2) is 0 Å².